The molecule has 0 saturated carbocycles. The molecule has 3 rings (SSSR count). The molecule has 0 spiro atoms. The molecule has 33 heavy (non-hydrogen) atoms. The Bertz CT molecular complexity index is 1180. The third-order valence-corrected chi connectivity index (χ3v) is 5.51. The number of benzene rings is 2. The molecule has 1 N–H and O–H groups in total. The highest BCUT2D eigenvalue weighted by atomic mass is 16.5. The Hall–Kier alpha value is -3.92. The number of carbonyl (C=O) groups excluding carboxylic acids is 1. The van der Waals surface area contributed by atoms with Crippen LogP contribution in [-0.4, -0.2) is 41.5 Å². The van der Waals surface area contributed by atoms with E-state index in [1.54, 1.807) is 25.1 Å². The van der Waals surface area contributed by atoms with Gasteiger partial charge in [0.05, 0.1) is 25.0 Å². The summed E-state index contributed by atoms with van der Waals surface area (Å²) in [6.45, 7) is 7.01. The van der Waals surface area contributed by atoms with Crippen molar-refractivity contribution in [1.82, 2.24) is 20.0 Å². The van der Waals surface area contributed by atoms with E-state index in [4.69, 9.17) is 21.0 Å². The topological polar surface area (TPSA) is 68.6 Å². The summed E-state index contributed by atoms with van der Waals surface area (Å²) in [7, 11) is 3.34. The van der Waals surface area contributed by atoms with Crippen molar-refractivity contribution in [2.45, 2.75) is 33.9 Å². The first-order valence-corrected chi connectivity index (χ1v) is 10.7. The number of ether oxygens (including phenoxy) is 2. The normalized spacial score (nSPS) is 10.4. The zero-order valence-corrected chi connectivity index (χ0v) is 19.8. The average Bonchev–Trinajstić information content (AvgIpc) is 3.09. The largest absolute Gasteiger partial charge is 0.493 e. The van der Waals surface area contributed by atoms with E-state index in [1.807, 2.05) is 48.9 Å². The van der Waals surface area contributed by atoms with Crippen LogP contribution in [0.2, 0.25) is 0 Å². The fourth-order valence-corrected chi connectivity index (χ4v) is 3.62. The first kappa shape index (κ1) is 23.7. The van der Waals surface area contributed by atoms with Gasteiger partial charge in [0.2, 0.25) is 0 Å². The van der Waals surface area contributed by atoms with Crippen molar-refractivity contribution in [3.63, 3.8) is 0 Å². The van der Waals surface area contributed by atoms with E-state index in [0.29, 0.717) is 24.6 Å². The van der Waals surface area contributed by atoms with Gasteiger partial charge in [0.15, 0.2) is 11.5 Å². The lowest BCUT2D eigenvalue weighted by atomic mass is 10.1. The standard InChI is InChI=1S/C26H30N4O3/c1-7-14-33-25-15-21(12-13-24(25)32-6)16-27-26(31)29(5)17-22-19(3)28-30(20(22)4)23-11-9-8-10-18(23)2/h1,8-13,15H,14,16-17H2,2-6H3,(H,27,31). The van der Waals surface area contributed by atoms with Gasteiger partial charge in [-0.1, -0.05) is 30.2 Å². The molecule has 7 nitrogen and oxygen atoms in total. The Morgan fingerprint density at radius 1 is 1.18 bits per heavy atom. The Labute approximate surface area is 195 Å². The zero-order valence-electron chi connectivity index (χ0n) is 19.8. The second-order valence-corrected chi connectivity index (χ2v) is 7.84. The summed E-state index contributed by atoms with van der Waals surface area (Å²) in [6.07, 6.45) is 5.28. The minimum Gasteiger partial charge on any atom is -0.493 e. The molecule has 2 aromatic carbocycles. The molecule has 3 aromatic rings. The Morgan fingerprint density at radius 3 is 2.64 bits per heavy atom. The molecular formula is C26H30N4O3. The molecule has 1 heterocycles. The van der Waals surface area contributed by atoms with Crippen LogP contribution in [0.4, 0.5) is 4.79 Å². The SMILES string of the molecule is C#CCOc1cc(CNC(=O)N(C)Cc2c(C)nn(-c3ccccc3C)c2C)ccc1OC. The van der Waals surface area contributed by atoms with Crippen LogP contribution >= 0.6 is 0 Å². The zero-order chi connectivity index (χ0) is 24.0. The Kier molecular flexibility index (Phi) is 7.62. The summed E-state index contributed by atoms with van der Waals surface area (Å²) in [5.41, 5.74) is 6.02. The van der Waals surface area contributed by atoms with Crippen LogP contribution in [0.25, 0.3) is 5.69 Å². The highest BCUT2D eigenvalue weighted by Gasteiger charge is 2.18. The molecule has 0 bridgehead atoms. The number of aryl methyl sites for hydroxylation is 2. The third kappa shape index (κ3) is 5.47. The number of amides is 2. The number of nitrogens with one attached hydrogen (secondary N) is 1. The summed E-state index contributed by atoms with van der Waals surface area (Å²) in [6, 6.07) is 13.4. The second kappa shape index (κ2) is 10.6. The van der Waals surface area contributed by atoms with Gasteiger partial charge in [-0.05, 0) is 50.1 Å². The number of nitrogens with zero attached hydrogens (tertiary/aromatic N) is 3. The predicted molar refractivity (Wildman–Crippen MR) is 129 cm³/mol. The van der Waals surface area contributed by atoms with E-state index in [2.05, 4.69) is 24.2 Å². The lowest BCUT2D eigenvalue weighted by Gasteiger charge is -2.19. The number of aromatic nitrogens is 2. The third-order valence-electron chi connectivity index (χ3n) is 5.51. The number of methoxy groups -OCH3 is 1. The summed E-state index contributed by atoms with van der Waals surface area (Å²) >= 11 is 0. The molecule has 2 amide bonds. The van der Waals surface area contributed by atoms with E-state index >= 15 is 0 Å². The fourth-order valence-electron chi connectivity index (χ4n) is 3.62. The number of hydrogen-bond acceptors (Lipinski definition) is 4. The van der Waals surface area contributed by atoms with E-state index in [-0.39, 0.29) is 12.6 Å². The van der Waals surface area contributed by atoms with Gasteiger partial charge in [-0.15, -0.1) is 6.42 Å². The van der Waals surface area contributed by atoms with Crippen LogP contribution in [0.1, 0.15) is 28.1 Å². The maximum absolute atomic E-state index is 12.8. The van der Waals surface area contributed by atoms with E-state index in [0.717, 1.165) is 33.8 Å². The molecule has 0 saturated heterocycles. The minimum absolute atomic E-state index is 0.143. The molecule has 0 aliphatic rings. The van der Waals surface area contributed by atoms with Gasteiger partial charge in [0.1, 0.15) is 6.61 Å². The van der Waals surface area contributed by atoms with Crippen LogP contribution < -0.4 is 14.8 Å². The van der Waals surface area contributed by atoms with Crippen molar-refractivity contribution in [2.24, 2.45) is 0 Å². The summed E-state index contributed by atoms with van der Waals surface area (Å²) in [5, 5.41) is 7.67. The average molecular weight is 447 g/mol. The van der Waals surface area contributed by atoms with Gasteiger partial charge in [0, 0.05) is 24.8 Å². The molecule has 0 fully saturated rings. The molecule has 0 radical (unpaired) electrons. The highest BCUT2D eigenvalue weighted by molar-refractivity contribution is 5.74. The van der Waals surface area contributed by atoms with E-state index < -0.39 is 0 Å². The van der Waals surface area contributed by atoms with E-state index in [9.17, 15) is 4.79 Å². The van der Waals surface area contributed by atoms with E-state index in [1.165, 1.54) is 0 Å². The first-order chi connectivity index (χ1) is 15.8. The van der Waals surface area contributed by atoms with Gasteiger partial charge in [-0.3, -0.25) is 0 Å². The number of carbonyl (C=O) groups is 1. The van der Waals surface area contributed by atoms with Crippen molar-refractivity contribution in [1.29, 1.82) is 0 Å². The predicted octanol–water partition coefficient (Wildman–Crippen LogP) is 4.16. The highest BCUT2D eigenvalue weighted by Crippen LogP contribution is 2.28. The first-order valence-electron chi connectivity index (χ1n) is 10.7. The monoisotopic (exact) mass is 446 g/mol. The van der Waals surface area contributed by atoms with Crippen molar-refractivity contribution in [2.75, 3.05) is 20.8 Å². The molecule has 172 valence electrons. The molecule has 0 aliphatic carbocycles. The van der Waals surface area contributed by atoms with Crippen LogP contribution in [0, 0.1) is 33.1 Å². The smallest absolute Gasteiger partial charge is 0.317 e. The number of rotatable bonds is 8. The summed E-state index contributed by atoms with van der Waals surface area (Å²) in [5.74, 6) is 3.58. The summed E-state index contributed by atoms with van der Waals surface area (Å²) < 4.78 is 12.8. The van der Waals surface area contributed by atoms with Gasteiger partial charge in [-0.25, -0.2) is 9.48 Å². The molecule has 1 aromatic heterocycles. The number of para-hydroxylation sites is 1. The summed E-state index contributed by atoms with van der Waals surface area (Å²) in [4.78, 5) is 14.4. The molecule has 0 atom stereocenters. The van der Waals surface area contributed by atoms with Gasteiger partial charge in [-0.2, -0.15) is 5.10 Å². The lowest BCUT2D eigenvalue weighted by Crippen LogP contribution is -2.36. The van der Waals surface area contributed by atoms with Gasteiger partial charge in [0.25, 0.3) is 0 Å². The molecule has 7 heteroatoms. The van der Waals surface area contributed by atoms with Crippen LogP contribution in [0.3, 0.4) is 0 Å². The molecule has 0 aliphatic heterocycles. The number of urea groups is 1. The minimum atomic E-state index is -0.181. The number of hydrogen-bond donors (Lipinski definition) is 1. The van der Waals surface area contributed by atoms with Crippen molar-refractivity contribution < 1.29 is 14.3 Å². The fraction of sp³-hybridized carbons (Fsp3) is 0.308. The Balaban J connectivity index is 1.67. The van der Waals surface area contributed by atoms with Gasteiger partial charge >= 0.3 is 6.03 Å². The molecule has 0 unspecified atom stereocenters. The lowest BCUT2D eigenvalue weighted by molar-refractivity contribution is 0.206. The maximum atomic E-state index is 12.8. The number of terminal acetylenes is 1. The van der Waals surface area contributed by atoms with Crippen molar-refractivity contribution in [3.05, 3.63) is 70.5 Å². The Morgan fingerprint density at radius 2 is 1.94 bits per heavy atom. The second-order valence-electron chi connectivity index (χ2n) is 7.84. The van der Waals surface area contributed by atoms with Crippen LogP contribution in [-0.2, 0) is 13.1 Å². The van der Waals surface area contributed by atoms with Gasteiger partial charge < -0.3 is 19.7 Å². The quantitative estimate of drug-likeness (QED) is 0.528. The van der Waals surface area contributed by atoms with Crippen LogP contribution in [0.5, 0.6) is 11.5 Å². The van der Waals surface area contributed by atoms with Crippen molar-refractivity contribution >= 4 is 6.03 Å². The molecular weight excluding hydrogens is 416 g/mol. The maximum Gasteiger partial charge on any atom is 0.317 e. The van der Waals surface area contributed by atoms with Crippen LogP contribution in [0.15, 0.2) is 42.5 Å². The van der Waals surface area contributed by atoms with Crippen molar-refractivity contribution in [3.8, 4) is 29.5 Å².